The van der Waals surface area contributed by atoms with Gasteiger partial charge in [0.1, 0.15) is 11.9 Å². The standard InChI is InChI=1S/C12H19N3O3/c1-2-3-8-18-9-4-6-14-11-5-7-13-10-12(11)15(16)17/h5,7,10H,2-4,6,8-9H2,1H3,(H,13,14). The Morgan fingerprint density at radius 2 is 2.22 bits per heavy atom. The number of rotatable bonds is 9. The van der Waals surface area contributed by atoms with Crippen molar-refractivity contribution in [2.75, 3.05) is 25.1 Å². The van der Waals surface area contributed by atoms with E-state index in [1.54, 1.807) is 6.07 Å². The number of nitrogens with one attached hydrogen (secondary N) is 1. The molecule has 0 bridgehead atoms. The van der Waals surface area contributed by atoms with Crippen LogP contribution in [0, 0.1) is 10.1 Å². The van der Waals surface area contributed by atoms with Crippen LogP contribution in [0.25, 0.3) is 0 Å². The summed E-state index contributed by atoms with van der Waals surface area (Å²) >= 11 is 0. The van der Waals surface area contributed by atoms with Crippen LogP contribution in [0.3, 0.4) is 0 Å². The summed E-state index contributed by atoms with van der Waals surface area (Å²) in [5, 5.41) is 13.8. The number of hydrogen-bond donors (Lipinski definition) is 1. The van der Waals surface area contributed by atoms with Crippen LogP contribution in [0.1, 0.15) is 26.2 Å². The van der Waals surface area contributed by atoms with Crippen molar-refractivity contribution in [3.8, 4) is 0 Å². The number of pyridine rings is 1. The summed E-state index contributed by atoms with van der Waals surface area (Å²) in [6.45, 7) is 4.22. The van der Waals surface area contributed by atoms with E-state index in [9.17, 15) is 10.1 Å². The Morgan fingerprint density at radius 3 is 2.94 bits per heavy atom. The molecule has 0 saturated heterocycles. The fraction of sp³-hybridized carbons (Fsp3) is 0.583. The predicted molar refractivity (Wildman–Crippen MR) is 69.7 cm³/mol. The molecular weight excluding hydrogens is 234 g/mol. The molecule has 6 nitrogen and oxygen atoms in total. The quantitative estimate of drug-likeness (QED) is 0.416. The van der Waals surface area contributed by atoms with Crippen molar-refractivity contribution in [1.29, 1.82) is 0 Å². The van der Waals surface area contributed by atoms with Gasteiger partial charge in [-0.05, 0) is 18.9 Å². The molecule has 0 saturated carbocycles. The second-order valence-corrected chi connectivity index (χ2v) is 3.90. The highest BCUT2D eigenvalue weighted by molar-refractivity contribution is 5.59. The van der Waals surface area contributed by atoms with Crippen LogP contribution in [0.5, 0.6) is 0 Å². The Balaban J connectivity index is 2.25. The molecule has 1 N–H and O–H groups in total. The zero-order valence-corrected chi connectivity index (χ0v) is 10.6. The smallest absolute Gasteiger partial charge is 0.310 e. The molecule has 0 amide bonds. The zero-order chi connectivity index (χ0) is 13.2. The summed E-state index contributed by atoms with van der Waals surface area (Å²) in [4.78, 5) is 14.0. The van der Waals surface area contributed by atoms with E-state index in [4.69, 9.17) is 4.74 Å². The topological polar surface area (TPSA) is 77.3 Å². The van der Waals surface area contributed by atoms with Gasteiger partial charge in [0.15, 0.2) is 0 Å². The van der Waals surface area contributed by atoms with Gasteiger partial charge in [0.25, 0.3) is 0 Å². The molecule has 0 unspecified atom stereocenters. The van der Waals surface area contributed by atoms with E-state index < -0.39 is 4.92 Å². The van der Waals surface area contributed by atoms with Crippen molar-refractivity contribution >= 4 is 11.4 Å². The molecule has 0 fully saturated rings. The number of anilines is 1. The highest BCUT2D eigenvalue weighted by atomic mass is 16.6. The molecule has 100 valence electrons. The third-order valence-electron chi connectivity index (χ3n) is 2.42. The number of ether oxygens (including phenoxy) is 1. The Kier molecular flexibility index (Phi) is 6.71. The molecule has 0 aliphatic rings. The molecule has 0 atom stereocenters. The van der Waals surface area contributed by atoms with Gasteiger partial charge in [0.2, 0.25) is 0 Å². The molecule has 1 heterocycles. The normalized spacial score (nSPS) is 10.3. The molecular formula is C12H19N3O3. The molecule has 1 rings (SSSR count). The molecule has 1 aromatic heterocycles. The Hall–Kier alpha value is -1.69. The van der Waals surface area contributed by atoms with Crippen molar-refractivity contribution in [3.05, 3.63) is 28.6 Å². The van der Waals surface area contributed by atoms with E-state index >= 15 is 0 Å². The van der Waals surface area contributed by atoms with Crippen molar-refractivity contribution in [2.24, 2.45) is 0 Å². The van der Waals surface area contributed by atoms with Gasteiger partial charge in [0, 0.05) is 26.0 Å². The van der Waals surface area contributed by atoms with Gasteiger partial charge in [-0.2, -0.15) is 0 Å². The van der Waals surface area contributed by atoms with Gasteiger partial charge >= 0.3 is 5.69 Å². The first-order valence-corrected chi connectivity index (χ1v) is 6.15. The fourth-order valence-electron chi connectivity index (χ4n) is 1.43. The summed E-state index contributed by atoms with van der Waals surface area (Å²) in [5.41, 5.74) is 0.507. The van der Waals surface area contributed by atoms with Crippen LogP contribution in [-0.4, -0.2) is 29.7 Å². The van der Waals surface area contributed by atoms with Gasteiger partial charge < -0.3 is 10.1 Å². The molecule has 0 aromatic carbocycles. The van der Waals surface area contributed by atoms with Crippen molar-refractivity contribution < 1.29 is 9.66 Å². The van der Waals surface area contributed by atoms with E-state index in [1.807, 2.05) is 0 Å². The van der Waals surface area contributed by atoms with E-state index in [0.29, 0.717) is 18.8 Å². The molecule has 0 aliphatic carbocycles. The lowest BCUT2D eigenvalue weighted by Crippen LogP contribution is -2.08. The summed E-state index contributed by atoms with van der Waals surface area (Å²) in [5.74, 6) is 0. The third-order valence-corrected chi connectivity index (χ3v) is 2.42. The lowest BCUT2D eigenvalue weighted by atomic mass is 10.3. The van der Waals surface area contributed by atoms with Crippen molar-refractivity contribution in [3.63, 3.8) is 0 Å². The van der Waals surface area contributed by atoms with Gasteiger partial charge in [0.05, 0.1) is 4.92 Å². The minimum Gasteiger partial charge on any atom is -0.381 e. The van der Waals surface area contributed by atoms with Crippen LogP contribution in [0.4, 0.5) is 11.4 Å². The van der Waals surface area contributed by atoms with Gasteiger partial charge in [-0.25, -0.2) is 0 Å². The fourth-order valence-corrected chi connectivity index (χ4v) is 1.43. The summed E-state index contributed by atoms with van der Waals surface area (Å²) in [6, 6.07) is 1.61. The number of unbranched alkanes of at least 4 members (excludes halogenated alkanes) is 1. The average molecular weight is 253 g/mol. The summed E-state index contributed by atoms with van der Waals surface area (Å²) in [7, 11) is 0. The van der Waals surface area contributed by atoms with Crippen LogP contribution < -0.4 is 5.32 Å². The van der Waals surface area contributed by atoms with Gasteiger partial charge in [-0.15, -0.1) is 0 Å². The van der Waals surface area contributed by atoms with Crippen LogP contribution in [0.15, 0.2) is 18.5 Å². The monoisotopic (exact) mass is 253 g/mol. The number of nitrogens with zero attached hydrogens (tertiary/aromatic N) is 2. The first kappa shape index (κ1) is 14.4. The van der Waals surface area contributed by atoms with E-state index in [0.717, 1.165) is 25.9 Å². The molecule has 6 heteroatoms. The van der Waals surface area contributed by atoms with E-state index in [1.165, 1.54) is 12.4 Å². The number of nitro groups is 1. The molecule has 0 spiro atoms. The largest absolute Gasteiger partial charge is 0.381 e. The number of aromatic nitrogens is 1. The highest BCUT2D eigenvalue weighted by Gasteiger charge is 2.11. The third kappa shape index (κ3) is 5.09. The maximum atomic E-state index is 10.7. The lowest BCUT2D eigenvalue weighted by Gasteiger charge is -2.07. The molecule has 0 aliphatic heterocycles. The Bertz CT molecular complexity index is 371. The van der Waals surface area contributed by atoms with Gasteiger partial charge in [-0.3, -0.25) is 15.1 Å². The van der Waals surface area contributed by atoms with E-state index in [2.05, 4.69) is 17.2 Å². The van der Waals surface area contributed by atoms with Crippen LogP contribution >= 0.6 is 0 Å². The Morgan fingerprint density at radius 1 is 1.44 bits per heavy atom. The first-order chi connectivity index (χ1) is 8.75. The minimum absolute atomic E-state index is 0.00408. The predicted octanol–water partition coefficient (Wildman–Crippen LogP) is 2.61. The lowest BCUT2D eigenvalue weighted by molar-refractivity contribution is -0.384. The maximum absolute atomic E-state index is 10.7. The summed E-state index contributed by atoms with van der Waals surface area (Å²) < 4.78 is 5.40. The number of hydrogen-bond acceptors (Lipinski definition) is 5. The van der Waals surface area contributed by atoms with E-state index in [-0.39, 0.29) is 5.69 Å². The van der Waals surface area contributed by atoms with Crippen LogP contribution in [-0.2, 0) is 4.74 Å². The van der Waals surface area contributed by atoms with Crippen LogP contribution in [0.2, 0.25) is 0 Å². The van der Waals surface area contributed by atoms with Gasteiger partial charge in [-0.1, -0.05) is 13.3 Å². The SMILES string of the molecule is CCCCOCCCNc1ccncc1[N+](=O)[O-]. The molecule has 0 radical (unpaired) electrons. The molecule has 18 heavy (non-hydrogen) atoms. The second kappa shape index (κ2) is 8.41. The van der Waals surface area contributed by atoms with Crippen molar-refractivity contribution in [1.82, 2.24) is 4.98 Å². The minimum atomic E-state index is -0.437. The van der Waals surface area contributed by atoms with Crippen molar-refractivity contribution in [2.45, 2.75) is 26.2 Å². The maximum Gasteiger partial charge on any atom is 0.310 e. The average Bonchev–Trinajstić information content (AvgIpc) is 2.38. The first-order valence-electron chi connectivity index (χ1n) is 6.15. The Labute approximate surface area is 107 Å². The second-order valence-electron chi connectivity index (χ2n) is 3.90. The summed E-state index contributed by atoms with van der Waals surface area (Å²) in [6.07, 6.45) is 5.81. The molecule has 1 aromatic rings. The highest BCUT2D eigenvalue weighted by Crippen LogP contribution is 2.21. The zero-order valence-electron chi connectivity index (χ0n) is 10.6.